The first-order chi connectivity index (χ1) is 6.88. The zero-order chi connectivity index (χ0) is 10.2. The molecular formula is C11H11Cl2N. The van der Waals surface area contributed by atoms with Crippen LogP contribution in [0.1, 0.15) is 0 Å². The summed E-state index contributed by atoms with van der Waals surface area (Å²) in [5, 5.41) is 1.20. The standard InChI is InChI=1S/C9H7N.C2H4Cl2/c1-2-6-9-8(4-1)5-3-7-10-9;3-1-2-4/h1-7H;1-2H2. The Bertz CT molecular complexity index is 309. The molecule has 0 spiro atoms. The second-order valence-electron chi connectivity index (χ2n) is 2.57. The minimum absolute atomic E-state index is 0.557. The Morgan fingerprint density at radius 2 is 1.57 bits per heavy atom. The Morgan fingerprint density at radius 3 is 2.21 bits per heavy atom. The van der Waals surface area contributed by atoms with Crippen molar-refractivity contribution in [1.29, 1.82) is 0 Å². The van der Waals surface area contributed by atoms with E-state index in [4.69, 9.17) is 23.2 Å². The van der Waals surface area contributed by atoms with Crippen molar-refractivity contribution in [2.45, 2.75) is 0 Å². The third-order valence-electron chi connectivity index (χ3n) is 1.58. The number of aromatic nitrogens is 1. The topological polar surface area (TPSA) is 12.9 Å². The van der Waals surface area contributed by atoms with Crippen LogP contribution in [-0.4, -0.2) is 16.7 Å². The average Bonchev–Trinajstić information content (AvgIpc) is 2.30. The highest BCUT2D eigenvalue weighted by atomic mass is 35.5. The van der Waals surface area contributed by atoms with E-state index < -0.39 is 0 Å². The van der Waals surface area contributed by atoms with E-state index in [1.807, 2.05) is 30.5 Å². The van der Waals surface area contributed by atoms with Gasteiger partial charge in [0.05, 0.1) is 5.52 Å². The van der Waals surface area contributed by atoms with Crippen LogP contribution in [0.4, 0.5) is 0 Å². The summed E-state index contributed by atoms with van der Waals surface area (Å²) in [6.07, 6.45) is 1.81. The number of rotatable bonds is 1. The minimum atomic E-state index is 0.557. The first-order valence-corrected chi connectivity index (χ1v) is 5.37. The molecular weight excluding hydrogens is 217 g/mol. The zero-order valence-electron chi connectivity index (χ0n) is 7.66. The van der Waals surface area contributed by atoms with Crippen molar-refractivity contribution in [2.75, 3.05) is 11.8 Å². The Morgan fingerprint density at radius 1 is 0.929 bits per heavy atom. The first kappa shape index (κ1) is 11.3. The van der Waals surface area contributed by atoms with Crippen LogP contribution in [0.25, 0.3) is 10.9 Å². The quantitative estimate of drug-likeness (QED) is 0.678. The molecule has 0 atom stereocenters. The highest BCUT2D eigenvalue weighted by Gasteiger charge is 1.86. The maximum atomic E-state index is 5.05. The summed E-state index contributed by atoms with van der Waals surface area (Å²) in [7, 11) is 0. The lowest BCUT2D eigenvalue weighted by molar-refractivity contribution is 1.41. The van der Waals surface area contributed by atoms with Gasteiger partial charge in [-0.2, -0.15) is 0 Å². The van der Waals surface area contributed by atoms with Gasteiger partial charge in [0, 0.05) is 23.3 Å². The third kappa shape index (κ3) is 3.52. The fourth-order valence-electron chi connectivity index (χ4n) is 1.02. The zero-order valence-corrected chi connectivity index (χ0v) is 9.17. The van der Waals surface area contributed by atoms with Crippen molar-refractivity contribution in [3.05, 3.63) is 42.6 Å². The molecule has 1 aromatic heterocycles. The molecule has 0 unspecified atom stereocenters. The van der Waals surface area contributed by atoms with Crippen LogP contribution in [0.3, 0.4) is 0 Å². The number of hydrogen-bond acceptors (Lipinski definition) is 1. The van der Waals surface area contributed by atoms with Crippen molar-refractivity contribution >= 4 is 34.1 Å². The fraction of sp³-hybridized carbons (Fsp3) is 0.182. The van der Waals surface area contributed by atoms with Gasteiger partial charge in [-0.3, -0.25) is 4.98 Å². The molecule has 0 radical (unpaired) electrons. The van der Waals surface area contributed by atoms with Crippen molar-refractivity contribution in [2.24, 2.45) is 0 Å². The van der Waals surface area contributed by atoms with Gasteiger partial charge in [0.15, 0.2) is 0 Å². The van der Waals surface area contributed by atoms with Gasteiger partial charge in [-0.05, 0) is 12.1 Å². The molecule has 0 fully saturated rings. The smallest absolute Gasteiger partial charge is 0.0701 e. The molecule has 0 aliphatic carbocycles. The van der Waals surface area contributed by atoms with Crippen LogP contribution >= 0.6 is 23.2 Å². The van der Waals surface area contributed by atoms with Crippen LogP contribution in [0, 0.1) is 0 Å². The third-order valence-corrected chi connectivity index (χ3v) is 2.16. The molecule has 3 heteroatoms. The summed E-state index contributed by atoms with van der Waals surface area (Å²) in [5.41, 5.74) is 1.06. The molecule has 74 valence electrons. The van der Waals surface area contributed by atoms with Gasteiger partial charge in [-0.1, -0.05) is 24.3 Å². The molecule has 0 saturated heterocycles. The van der Waals surface area contributed by atoms with E-state index >= 15 is 0 Å². The molecule has 0 bridgehead atoms. The van der Waals surface area contributed by atoms with E-state index in [0.29, 0.717) is 11.8 Å². The molecule has 1 nitrogen and oxygen atoms in total. The van der Waals surface area contributed by atoms with Gasteiger partial charge in [-0.25, -0.2) is 0 Å². The first-order valence-electron chi connectivity index (χ1n) is 4.30. The highest BCUT2D eigenvalue weighted by Crippen LogP contribution is 2.07. The van der Waals surface area contributed by atoms with Crippen molar-refractivity contribution in [3.63, 3.8) is 0 Å². The maximum absolute atomic E-state index is 5.05. The number of halogens is 2. The van der Waals surface area contributed by atoms with Crippen LogP contribution in [-0.2, 0) is 0 Å². The molecule has 0 saturated carbocycles. The average molecular weight is 228 g/mol. The molecule has 2 aromatic rings. The van der Waals surface area contributed by atoms with Gasteiger partial charge < -0.3 is 0 Å². The van der Waals surface area contributed by atoms with Gasteiger partial charge in [0.2, 0.25) is 0 Å². The second kappa shape index (κ2) is 6.63. The fourth-order valence-corrected chi connectivity index (χ4v) is 1.02. The van der Waals surface area contributed by atoms with Gasteiger partial charge in [0.25, 0.3) is 0 Å². The second-order valence-corrected chi connectivity index (χ2v) is 3.33. The van der Waals surface area contributed by atoms with Crippen LogP contribution in [0.2, 0.25) is 0 Å². The Labute approximate surface area is 93.7 Å². The lowest BCUT2D eigenvalue weighted by atomic mass is 10.2. The number of pyridine rings is 1. The number of alkyl halides is 2. The molecule has 14 heavy (non-hydrogen) atoms. The normalized spacial score (nSPS) is 9.29. The van der Waals surface area contributed by atoms with E-state index in [1.54, 1.807) is 0 Å². The van der Waals surface area contributed by atoms with Crippen molar-refractivity contribution in [3.8, 4) is 0 Å². The highest BCUT2D eigenvalue weighted by molar-refractivity contribution is 6.25. The molecule has 1 aromatic carbocycles. The van der Waals surface area contributed by atoms with E-state index in [-0.39, 0.29) is 0 Å². The largest absolute Gasteiger partial charge is 0.256 e. The van der Waals surface area contributed by atoms with Crippen LogP contribution in [0.5, 0.6) is 0 Å². The van der Waals surface area contributed by atoms with Crippen molar-refractivity contribution < 1.29 is 0 Å². The monoisotopic (exact) mass is 227 g/mol. The number of benzene rings is 1. The molecule has 0 amide bonds. The lowest BCUT2D eigenvalue weighted by Crippen LogP contribution is -1.73. The predicted octanol–water partition coefficient (Wildman–Crippen LogP) is 3.70. The number of fused-ring (bicyclic) bond motifs is 1. The summed E-state index contributed by atoms with van der Waals surface area (Å²) < 4.78 is 0. The summed E-state index contributed by atoms with van der Waals surface area (Å²) in [4.78, 5) is 4.18. The Kier molecular flexibility index (Phi) is 5.35. The molecule has 1 heterocycles. The molecule has 0 aliphatic heterocycles. The summed E-state index contributed by atoms with van der Waals surface area (Å²) >= 11 is 10.1. The summed E-state index contributed by atoms with van der Waals surface area (Å²) in [5.74, 6) is 1.11. The maximum Gasteiger partial charge on any atom is 0.0701 e. The summed E-state index contributed by atoms with van der Waals surface area (Å²) in [6.45, 7) is 0. The Hall–Kier alpha value is -0.790. The predicted molar refractivity (Wildman–Crippen MR) is 63.2 cm³/mol. The van der Waals surface area contributed by atoms with Gasteiger partial charge in [-0.15, -0.1) is 23.2 Å². The van der Waals surface area contributed by atoms with E-state index in [9.17, 15) is 0 Å². The van der Waals surface area contributed by atoms with Crippen LogP contribution < -0.4 is 0 Å². The van der Waals surface area contributed by atoms with Gasteiger partial charge >= 0.3 is 0 Å². The van der Waals surface area contributed by atoms with E-state index in [2.05, 4.69) is 17.1 Å². The molecule has 0 aliphatic rings. The minimum Gasteiger partial charge on any atom is -0.256 e. The summed E-state index contributed by atoms with van der Waals surface area (Å²) in [6, 6.07) is 12.1. The lowest BCUT2D eigenvalue weighted by Gasteiger charge is -1.91. The van der Waals surface area contributed by atoms with Crippen LogP contribution in [0.15, 0.2) is 42.6 Å². The van der Waals surface area contributed by atoms with Gasteiger partial charge in [0.1, 0.15) is 0 Å². The number of hydrogen-bond donors (Lipinski definition) is 0. The molecule has 0 N–H and O–H groups in total. The molecule has 2 rings (SSSR count). The van der Waals surface area contributed by atoms with E-state index in [0.717, 1.165) is 5.52 Å². The Balaban J connectivity index is 0.000000213. The SMILES string of the molecule is ClCCCl.c1ccc2ncccc2c1. The number of para-hydroxylation sites is 1. The van der Waals surface area contributed by atoms with Crippen molar-refractivity contribution in [1.82, 2.24) is 4.98 Å². The number of nitrogens with zero attached hydrogens (tertiary/aromatic N) is 1. The van der Waals surface area contributed by atoms with E-state index in [1.165, 1.54) is 5.39 Å².